The molecule has 192 valence electrons. The van der Waals surface area contributed by atoms with E-state index in [1.54, 1.807) is 0 Å². The molecule has 1 N–H and O–H groups in total. The lowest BCUT2D eigenvalue weighted by molar-refractivity contribution is 0.166. The summed E-state index contributed by atoms with van der Waals surface area (Å²) in [6, 6.07) is 10.9. The molecule has 7 heteroatoms. The van der Waals surface area contributed by atoms with Crippen molar-refractivity contribution in [2.24, 2.45) is 0 Å². The Hall–Kier alpha value is -2.54. The number of aromatic nitrogens is 2. The second-order valence-electron chi connectivity index (χ2n) is 10.2. The van der Waals surface area contributed by atoms with Crippen molar-refractivity contribution in [3.8, 4) is 5.69 Å². The van der Waals surface area contributed by atoms with Crippen molar-refractivity contribution in [2.75, 3.05) is 37.6 Å². The van der Waals surface area contributed by atoms with E-state index in [9.17, 15) is 4.79 Å². The molecular formula is C28H44N6O. The Balaban J connectivity index is 1.66. The minimum Gasteiger partial charge on any atom is -0.354 e. The maximum atomic E-state index is 13.5. The van der Waals surface area contributed by atoms with Gasteiger partial charge in [0.1, 0.15) is 5.82 Å². The highest BCUT2D eigenvalue weighted by Gasteiger charge is 2.29. The molecule has 1 saturated heterocycles. The molecular weight excluding hydrogens is 436 g/mol. The fraction of sp³-hybridized carbons (Fsp3) is 0.643. The molecule has 2 heterocycles. The number of anilines is 1. The maximum Gasteiger partial charge on any atom is 0.318 e. The third-order valence-electron chi connectivity index (χ3n) is 7.92. The normalized spacial score (nSPS) is 18.5. The number of urea groups is 1. The van der Waals surface area contributed by atoms with Gasteiger partial charge in [0.15, 0.2) is 0 Å². The highest BCUT2D eigenvalue weighted by atomic mass is 16.2. The first-order valence-corrected chi connectivity index (χ1v) is 13.7. The zero-order valence-electron chi connectivity index (χ0n) is 22.2. The Morgan fingerprint density at radius 1 is 1.09 bits per heavy atom. The topological polar surface area (TPSA) is 56.6 Å². The fourth-order valence-electron chi connectivity index (χ4n) is 5.41. The number of piperazine rings is 1. The van der Waals surface area contributed by atoms with Gasteiger partial charge in [0.05, 0.1) is 17.9 Å². The number of benzene rings is 1. The van der Waals surface area contributed by atoms with E-state index >= 15 is 0 Å². The second-order valence-corrected chi connectivity index (χ2v) is 10.2. The number of hydrogen-bond acceptors (Lipinski definition) is 4. The molecule has 0 unspecified atom stereocenters. The van der Waals surface area contributed by atoms with Gasteiger partial charge in [-0.15, -0.1) is 0 Å². The van der Waals surface area contributed by atoms with Crippen molar-refractivity contribution in [3.05, 3.63) is 41.6 Å². The van der Waals surface area contributed by atoms with Crippen LogP contribution in [0.15, 0.2) is 30.3 Å². The predicted molar refractivity (Wildman–Crippen MR) is 143 cm³/mol. The highest BCUT2D eigenvalue weighted by molar-refractivity contribution is 5.75. The minimum absolute atomic E-state index is 0.0693. The quantitative estimate of drug-likeness (QED) is 0.580. The van der Waals surface area contributed by atoms with Gasteiger partial charge >= 0.3 is 6.03 Å². The molecule has 4 rings (SSSR count). The lowest BCUT2D eigenvalue weighted by atomic mass is 9.96. The summed E-state index contributed by atoms with van der Waals surface area (Å²) in [7, 11) is 0. The summed E-state index contributed by atoms with van der Waals surface area (Å²) in [5, 5.41) is 8.38. The maximum absolute atomic E-state index is 13.5. The Bertz CT molecular complexity index is 944. The summed E-state index contributed by atoms with van der Waals surface area (Å²) in [6.45, 7) is 14.3. The number of nitrogens with one attached hydrogen (secondary N) is 1. The van der Waals surface area contributed by atoms with E-state index < -0.39 is 0 Å². The third kappa shape index (κ3) is 6.00. The van der Waals surface area contributed by atoms with Crippen LogP contribution in [-0.2, 0) is 6.54 Å². The highest BCUT2D eigenvalue weighted by Crippen LogP contribution is 2.30. The number of amides is 2. The average Bonchev–Trinajstić information content (AvgIpc) is 3.23. The van der Waals surface area contributed by atoms with E-state index in [2.05, 4.69) is 71.8 Å². The van der Waals surface area contributed by atoms with Crippen LogP contribution in [0, 0.1) is 6.92 Å². The molecule has 2 aliphatic rings. The minimum atomic E-state index is 0.0693. The molecule has 1 aromatic heterocycles. The van der Waals surface area contributed by atoms with Crippen LogP contribution in [0.25, 0.3) is 5.69 Å². The number of nitrogens with zero attached hydrogens (tertiary/aromatic N) is 5. The molecule has 7 nitrogen and oxygen atoms in total. The van der Waals surface area contributed by atoms with Gasteiger partial charge in [-0.25, -0.2) is 9.48 Å². The van der Waals surface area contributed by atoms with E-state index in [0.717, 1.165) is 74.7 Å². The van der Waals surface area contributed by atoms with Crippen molar-refractivity contribution in [1.29, 1.82) is 0 Å². The Morgan fingerprint density at radius 2 is 1.77 bits per heavy atom. The van der Waals surface area contributed by atoms with E-state index in [-0.39, 0.29) is 12.1 Å². The van der Waals surface area contributed by atoms with Crippen molar-refractivity contribution in [3.63, 3.8) is 0 Å². The Kier molecular flexibility index (Phi) is 8.71. The molecule has 0 spiro atoms. The third-order valence-corrected chi connectivity index (χ3v) is 7.92. The number of para-hydroxylation sites is 1. The average molecular weight is 481 g/mol. The van der Waals surface area contributed by atoms with E-state index in [0.29, 0.717) is 12.6 Å². The van der Waals surface area contributed by atoms with Gasteiger partial charge in [-0.3, -0.25) is 0 Å². The zero-order valence-corrected chi connectivity index (χ0v) is 22.2. The standard InChI is InChI=1S/C28H44N6O/c1-5-22(3)33(28(35)29-24-13-9-7-10-14-24)21-26-23(4)30-34(25-15-11-8-12-16-25)27(26)32-19-17-31(6-2)18-20-32/h8,11-12,15-16,22,24H,5-7,9-10,13-14,17-21H2,1-4H3,(H,29,35)/t22-/m1/s1. The number of hydrogen-bond donors (Lipinski definition) is 1. The van der Waals surface area contributed by atoms with Crippen LogP contribution in [0.3, 0.4) is 0 Å². The summed E-state index contributed by atoms with van der Waals surface area (Å²) in [5.41, 5.74) is 3.23. The van der Waals surface area contributed by atoms with Gasteiger partial charge in [0, 0.05) is 43.8 Å². The summed E-state index contributed by atoms with van der Waals surface area (Å²) in [4.78, 5) is 20.6. The first-order chi connectivity index (χ1) is 17.0. The Morgan fingerprint density at radius 3 is 2.40 bits per heavy atom. The van der Waals surface area contributed by atoms with Crippen LogP contribution >= 0.6 is 0 Å². The molecule has 0 radical (unpaired) electrons. The monoisotopic (exact) mass is 480 g/mol. The molecule has 1 aliphatic heterocycles. The molecule has 0 bridgehead atoms. The lowest BCUT2D eigenvalue weighted by Gasteiger charge is -2.37. The first kappa shape index (κ1) is 25.5. The van der Waals surface area contributed by atoms with Crippen LogP contribution in [0.1, 0.15) is 70.6 Å². The van der Waals surface area contributed by atoms with Crippen LogP contribution in [-0.4, -0.2) is 70.4 Å². The van der Waals surface area contributed by atoms with E-state index in [4.69, 9.17) is 5.10 Å². The summed E-state index contributed by atoms with van der Waals surface area (Å²) in [6.07, 6.45) is 6.83. The smallest absolute Gasteiger partial charge is 0.318 e. The number of aryl methyl sites for hydroxylation is 1. The lowest BCUT2D eigenvalue weighted by Crippen LogP contribution is -2.49. The van der Waals surface area contributed by atoms with Gasteiger partial charge < -0.3 is 20.0 Å². The fourth-order valence-corrected chi connectivity index (χ4v) is 5.41. The molecule has 1 saturated carbocycles. The largest absolute Gasteiger partial charge is 0.354 e. The van der Waals surface area contributed by atoms with Gasteiger partial charge in [-0.1, -0.05) is 51.3 Å². The first-order valence-electron chi connectivity index (χ1n) is 13.7. The molecule has 1 atom stereocenters. The molecule has 1 aromatic carbocycles. The van der Waals surface area contributed by atoms with Crippen LogP contribution in [0.5, 0.6) is 0 Å². The summed E-state index contributed by atoms with van der Waals surface area (Å²) in [5.74, 6) is 1.14. The number of rotatable bonds is 8. The van der Waals surface area contributed by atoms with Crippen LogP contribution in [0.4, 0.5) is 10.6 Å². The van der Waals surface area contributed by atoms with Crippen molar-refractivity contribution >= 4 is 11.8 Å². The van der Waals surface area contributed by atoms with Crippen LogP contribution < -0.4 is 10.2 Å². The zero-order chi connectivity index (χ0) is 24.8. The number of carbonyl (C=O) groups excluding carboxylic acids is 1. The van der Waals surface area contributed by atoms with Crippen molar-refractivity contribution in [1.82, 2.24) is 24.9 Å². The predicted octanol–water partition coefficient (Wildman–Crippen LogP) is 4.97. The van der Waals surface area contributed by atoms with E-state index in [1.165, 1.54) is 19.3 Å². The SMILES string of the molecule is CC[C@@H](C)N(Cc1c(C)nn(-c2ccccc2)c1N1CCN(CC)CC1)C(=O)NC1CCCCC1. The molecule has 2 aromatic rings. The Labute approximate surface area is 211 Å². The van der Waals surface area contributed by atoms with E-state index in [1.807, 2.05) is 11.0 Å². The summed E-state index contributed by atoms with van der Waals surface area (Å²) < 4.78 is 2.10. The van der Waals surface area contributed by atoms with Gasteiger partial charge in [0.25, 0.3) is 0 Å². The number of carbonyl (C=O) groups is 1. The van der Waals surface area contributed by atoms with Gasteiger partial charge in [-0.2, -0.15) is 5.10 Å². The second kappa shape index (κ2) is 11.9. The number of likely N-dealkylation sites (N-methyl/N-ethyl adjacent to an activating group) is 1. The molecule has 2 fully saturated rings. The van der Waals surface area contributed by atoms with Gasteiger partial charge in [-0.05, 0) is 51.8 Å². The van der Waals surface area contributed by atoms with Gasteiger partial charge in [0.2, 0.25) is 0 Å². The van der Waals surface area contributed by atoms with Crippen molar-refractivity contribution in [2.45, 2.75) is 84.8 Å². The van der Waals surface area contributed by atoms with Crippen molar-refractivity contribution < 1.29 is 4.79 Å². The van der Waals surface area contributed by atoms with Crippen LogP contribution in [0.2, 0.25) is 0 Å². The molecule has 35 heavy (non-hydrogen) atoms. The summed E-state index contributed by atoms with van der Waals surface area (Å²) >= 11 is 0. The molecule has 2 amide bonds. The molecule has 1 aliphatic carbocycles.